The number of rotatable bonds is 5. The van der Waals surface area contributed by atoms with E-state index in [-0.39, 0.29) is 17.6 Å². The Morgan fingerprint density at radius 2 is 2.06 bits per heavy atom. The van der Waals surface area contributed by atoms with Gasteiger partial charge in [0, 0.05) is 13.0 Å². The van der Waals surface area contributed by atoms with E-state index in [1.807, 2.05) is 20.8 Å². The molecule has 0 saturated heterocycles. The molecule has 4 nitrogen and oxygen atoms in total. The molecule has 0 radical (unpaired) electrons. The molecule has 0 unspecified atom stereocenters. The van der Waals surface area contributed by atoms with Gasteiger partial charge in [0.2, 0.25) is 5.91 Å². The SMILES string of the molecule is CC#CCCNC(=O)[C@@H](N)[C@@H](C)OC(C)(C)C. The van der Waals surface area contributed by atoms with Crippen molar-refractivity contribution in [3.63, 3.8) is 0 Å². The number of hydrogen-bond donors (Lipinski definition) is 2. The molecule has 0 aliphatic rings. The van der Waals surface area contributed by atoms with Crippen LogP contribution in [-0.2, 0) is 9.53 Å². The van der Waals surface area contributed by atoms with Crippen molar-refractivity contribution in [3.05, 3.63) is 0 Å². The lowest BCUT2D eigenvalue weighted by Crippen LogP contribution is -2.50. The van der Waals surface area contributed by atoms with Crippen LogP contribution in [0.2, 0.25) is 0 Å². The van der Waals surface area contributed by atoms with Gasteiger partial charge in [-0.3, -0.25) is 4.79 Å². The Balaban J connectivity index is 4.06. The maximum absolute atomic E-state index is 11.7. The number of hydrogen-bond acceptors (Lipinski definition) is 3. The second-order valence-electron chi connectivity index (χ2n) is 4.93. The Labute approximate surface area is 104 Å². The van der Waals surface area contributed by atoms with E-state index < -0.39 is 6.04 Å². The van der Waals surface area contributed by atoms with E-state index in [1.54, 1.807) is 13.8 Å². The van der Waals surface area contributed by atoms with Crippen molar-refractivity contribution in [2.45, 2.75) is 58.8 Å². The predicted octanol–water partition coefficient (Wildman–Crippen LogP) is 1.05. The quantitative estimate of drug-likeness (QED) is 0.557. The summed E-state index contributed by atoms with van der Waals surface area (Å²) in [5.74, 6) is 5.45. The fraction of sp³-hybridized carbons (Fsp3) is 0.769. The largest absolute Gasteiger partial charge is 0.371 e. The van der Waals surface area contributed by atoms with Crippen molar-refractivity contribution in [2.24, 2.45) is 5.73 Å². The fourth-order valence-corrected chi connectivity index (χ4v) is 1.34. The predicted molar refractivity (Wildman–Crippen MR) is 69.4 cm³/mol. The van der Waals surface area contributed by atoms with Gasteiger partial charge in [-0.1, -0.05) is 0 Å². The zero-order valence-corrected chi connectivity index (χ0v) is 11.5. The molecule has 1 amide bonds. The highest BCUT2D eigenvalue weighted by molar-refractivity contribution is 5.82. The second kappa shape index (κ2) is 7.31. The average molecular weight is 240 g/mol. The Bertz CT molecular complexity index is 297. The van der Waals surface area contributed by atoms with Crippen molar-refractivity contribution in [3.8, 4) is 11.8 Å². The van der Waals surface area contributed by atoms with Gasteiger partial charge < -0.3 is 15.8 Å². The van der Waals surface area contributed by atoms with Gasteiger partial charge in [0.15, 0.2) is 0 Å². The molecule has 0 spiro atoms. The van der Waals surface area contributed by atoms with Crippen LogP contribution in [-0.4, -0.2) is 30.2 Å². The molecule has 98 valence electrons. The van der Waals surface area contributed by atoms with E-state index in [2.05, 4.69) is 17.2 Å². The molecule has 0 rings (SSSR count). The van der Waals surface area contributed by atoms with Gasteiger partial charge in [-0.05, 0) is 34.6 Å². The third-order valence-corrected chi connectivity index (χ3v) is 2.07. The number of amides is 1. The van der Waals surface area contributed by atoms with Crippen LogP contribution in [0.15, 0.2) is 0 Å². The Morgan fingerprint density at radius 3 is 2.53 bits per heavy atom. The molecule has 0 fully saturated rings. The van der Waals surface area contributed by atoms with Crippen LogP contribution in [0.5, 0.6) is 0 Å². The number of carbonyl (C=O) groups is 1. The fourth-order valence-electron chi connectivity index (χ4n) is 1.34. The van der Waals surface area contributed by atoms with Gasteiger partial charge in [-0.25, -0.2) is 0 Å². The molecule has 4 heteroatoms. The average Bonchev–Trinajstić information content (AvgIpc) is 2.20. The molecule has 0 aromatic heterocycles. The first-order valence-corrected chi connectivity index (χ1v) is 5.88. The Morgan fingerprint density at radius 1 is 1.47 bits per heavy atom. The minimum atomic E-state index is -0.649. The van der Waals surface area contributed by atoms with Crippen molar-refractivity contribution in [1.82, 2.24) is 5.32 Å². The molecule has 0 heterocycles. The molecule has 0 bridgehead atoms. The number of ether oxygens (including phenoxy) is 1. The summed E-state index contributed by atoms with van der Waals surface area (Å²) < 4.78 is 5.63. The molecule has 17 heavy (non-hydrogen) atoms. The molecule has 3 N–H and O–H groups in total. The first kappa shape index (κ1) is 16.0. The minimum Gasteiger partial charge on any atom is -0.371 e. The van der Waals surface area contributed by atoms with E-state index in [4.69, 9.17) is 10.5 Å². The van der Waals surface area contributed by atoms with E-state index in [0.717, 1.165) is 0 Å². The topological polar surface area (TPSA) is 64.4 Å². The molecule has 2 atom stereocenters. The Kier molecular flexibility index (Phi) is 6.86. The number of nitrogens with two attached hydrogens (primary N) is 1. The van der Waals surface area contributed by atoms with Crippen LogP contribution in [0.25, 0.3) is 0 Å². The summed E-state index contributed by atoms with van der Waals surface area (Å²) in [7, 11) is 0. The lowest BCUT2D eigenvalue weighted by molar-refractivity contribution is -0.129. The zero-order chi connectivity index (χ0) is 13.5. The lowest BCUT2D eigenvalue weighted by Gasteiger charge is -2.28. The normalized spacial score (nSPS) is 14.5. The van der Waals surface area contributed by atoms with Crippen LogP contribution in [0.4, 0.5) is 0 Å². The molecule has 0 aromatic rings. The van der Waals surface area contributed by atoms with E-state index in [0.29, 0.717) is 13.0 Å². The number of carbonyl (C=O) groups excluding carboxylic acids is 1. The summed E-state index contributed by atoms with van der Waals surface area (Å²) in [6, 6.07) is -0.649. The van der Waals surface area contributed by atoms with Crippen molar-refractivity contribution < 1.29 is 9.53 Å². The highest BCUT2D eigenvalue weighted by atomic mass is 16.5. The maximum Gasteiger partial charge on any atom is 0.239 e. The highest BCUT2D eigenvalue weighted by Crippen LogP contribution is 2.12. The van der Waals surface area contributed by atoms with Crippen molar-refractivity contribution in [2.75, 3.05) is 6.54 Å². The number of nitrogens with one attached hydrogen (secondary N) is 1. The standard InChI is InChI=1S/C13H24N2O2/c1-6-7-8-9-15-12(16)11(14)10(2)17-13(3,4)5/h10-11H,8-9,14H2,1-5H3,(H,15,16)/t10-,11+/m1/s1. The summed E-state index contributed by atoms with van der Waals surface area (Å²) in [4.78, 5) is 11.7. The van der Waals surface area contributed by atoms with Crippen LogP contribution in [0, 0.1) is 11.8 Å². The summed E-state index contributed by atoms with van der Waals surface area (Å²) in [5, 5.41) is 2.74. The first-order chi connectivity index (χ1) is 7.78. The summed E-state index contributed by atoms with van der Waals surface area (Å²) in [5.41, 5.74) is 5.51. The van der Waals surface area contributed by atoms with Gasteiger partial charge >= 0.3 is 0 Å². The monoisotopic (exact) mass is 240 g/mol. The van der Waals surface area contributed by atoms with Gasteiger partial charge in [-0.15, -0.1) is 11.8 Å². The van der Waals surface area contributed by atoms with Crippen molar-refractivity contribution in [1.29, 1.82) is 0 Å². The maximum atomic E-state index is 11.7. The molecular formula is C13H24N2O2. The van der Waals surface area contributed by atoms with E-state index >= 15 is 0 Å². The highest BCUT2D eigenvalue weighted by Gasteiger charge is 2.25. The second-order valence-corrected chi connectivity index (χ2v) is 4.93. The van der Waals surface area contributed by atoms with Crippen LogP contribution in [0.1, 0.15) is 41.0 Å². The molecular weight excluding hydrogens is 216 g/mol. The minimum absolute atomic E-state index is 0.195. The van der Waals surface area contributed by atoms with Crippen LogP contribution in [0.3, 0.4) is 0 Å². The smallest absolute Gasteiger partial charge is 0.239 e. The third-order valence-electron chi connectivity index (χ3n) is 2.07. The summed E-state index contributed by atoms with van der Waals surface area (Å²) in [6.07, 6.45) is 0.330. The van der Waals surface area contributed by atoms with E-state index in [9.17, 15) is 4.79 Å². The van der Waals surface area contributed by atoms with Crippen LogP contribution < -0.4 is 11.1 Å². The summed E-state index contributed by atoms with van der Waals surface area (Å²) >= 11 is 0. The van der Waals surface area contributed by atoms with Gasteiger partial charge in [0.05, 0.1) is 11.7 Å². The van der Waals surface area contributed by atoms with E-state index in [1.165, 1.54) is 0 Å². The van der Waals surface area contributed by atoms with Gasteiger partial charge in [-0.2, -0.15) is 0 Å². The lowest BCUT2D eigenvalue weighted by atomic mass is 10.1. The molecule has 0 aliphatic carbocycles. The van der Waals surface area contributed by atoms with Crippen LogP contribution >= 0.6 is 0 Å². The molecule has 0 aromatic carbocycles. The molecule has 0 aliphatic heterocycles. The molecule has 0 saturated carbocycles. The van der Waals surface area contributed by atoms with Gasteiger partial charge in [0.25, 0.3) is 0 Å². The summed E-state index contributed by atoms with van der Waals surface area (Å²) in [6.45, 7) is 9.91. The zero-order valence-electron chi connectivity index (χ0n) is 11.5. The van der Waals surface area contributed by atoms with Gasteiger partial charge in [0.1, 0.15) is 6.04 Å². The third kappa shape index (κ3) is 7.78. The Hall–Kier alpha value is -1.05. The first-order valence-electron chi connectivity index (χ1n) is 5.88. The van der Waals surface area contributed by atoms with Crippen molar-refractivity contribution >= 4 is 5.91 Å².